The first-order valence-electron chi connectivity index (χ1n) is 5.33. The molecule has 0 aliphatic carbocycles. The third-order valence-corrected chi connectivity index (χ3v) is 2.55. The number of hydrogen-bond donors (Lipinski definition) is 1. The van der Waals surface area contributed by atoms with Gasteiger partial charge in [-0.3, -0.25) is 0 Å². The van der Waals surface area contributed by atoms with Crippen molar-refractivity contribution in [1.82, 2.24) is 0 Å². The number of benzene rings is 1. The van der Waals surface area contributed by atoms with E-state index in [2.05, 4.69) is 13.8 Å². The summed E-state index contributed by atoms with van der Waals surface area (Å²) in [7, 11) is 0. The van der Waals surface area contributed by atoms with Crippen molar-refractivity contribution in [1.29, 1.82) is 0 Å². The van der Waals surface area contributed by atoms with Crippen LogP contribution in [0, 0.1) is 0 Å². The van der Waals surface area contributed by atoms with E-state index < -0.39 is 12.3 Å². The van der Waals surface area contributed by atoms with Crippen LogP contribution >= 0.6 is 0 Å². The van der Waals surface area contributed by atoms with Gasteiger partial charge in [0.15, 0.2) is 0 Å². The lowest BCUT2D eigenvalue weighted by atomic mass is 9.96. The Balaban J connectivity index is 2.73. The van der Waals surface area contributed by atoms with Gasteiger partial charge in [0.05, 0.1) is 6.61 Å². The monoisotopic (exact) mass is 210 g/mol. The molecule has 0 unspecified atom stereocenters. The molecule has 0 heterocycles. The minimum absolute atomic E-state index is 0.266. The molecular formula is C13H19FO. The van der Waals surface area contributed by atoms with E-state index in [1.54, 1.807) is 0 Å². The van der Waals surface area contributed by atoms with E-state index in [0.29, 0.717) is 5.92 Å². The summed E-state index contributed by atoms with van der Waals surface area (Å²) in [6.07, 6.45) is 0.266. The average molecular weight is 210 g/mol. The molecule has 84 valence electrons. The van der Waals surface area contributed by atoms with Gasteiger partial charge in [0.1, 0.15) is 5.67 Å². The maximum absolute atomic E-state index is 13.5. The number of aliphatic hydroxyl groups excluding tert-OH is 1. The molecule has 0 saturated heterocycles. The van der Waals surface area contributed by atoms with Crippen LogP contribution in [-0.4, -0.2) is 17.4 Å². The van der Waals surface area contributed by atoms with E-state index in [9.17, 15) is 4.39 Å². The Hall–Kier alpha value is -0.890. The highest BCUT2D eigenvalue weighted by molar-refractivity contribution is 5.25. The predicted octanol–water partition coefficient (Wildman–Crippen LogP) is 3.07. The summed E-state index contributed by atoms with van der Waals surface area (Å²) in [6.45, 7) is 5.24. The fourth-order valence-corrected chi connectivity index (χ4v) is 1.50. The van der Waals surface area contributed by atoms with E-state index in [0.717, 1.165) is 5.56 Å². The standard InChI is InChI=1S/C13H19FO/c1-10(2)12-6-4-11(5-7-12)8-13(3,14)9-15/h4-7,10,15H,8-9H2,1-3H3/t13-/m0/s1. The van der Waals surface area contributed by atoms with Crippen LogP contribution in [0.2, 0.25) is 0 Å². The van der Waals surface area contributed by atoms with Gasteiger partial charge < -0.3 is 5.11 Å². The molecule has 1 nitrogen and oxygen atoms in total. The fourth-order valence-electron chi connectivity index (χ4n) is 1.50. The van der Waals surface area contributed by atoms with Crippen LogP contribution in [0.15, 0.2) is 24.3 Å². The van der Waals surface area contributed by atoms with Crippen molar-refractivity contribution in [2.24, 2.45) is 0 Å². The Morgan fingerprint density at radius 3 is 2.20 bits per heavy atom. The van der Waals surface area contributed by atoms with Gasteiger partial charge in [-0.05, 0) is 24.0 Å². The first kappa shape index (κ1) is 12.2. The smallest absolute Gasteiger partial charge is 0.135 e. The van der Waals surface area contributed by atoms with Crippen LogP contribution in [0.25, 0.3) is 0 Å². The SMILES string of the molecule is CC(C)c1ccc(C[C@](C)(F)CO)cc1. The Labute approximate surface area is 90.9 Å². The first-order valence-corrected chi connectivity index (χ1v) is 5.33. The second-order valence-corrected chi connectivity index (χ2v) is 4.64. The van der Waals surface area contributed by atoms with Crippen molar-refractivity contribution in [3.63, 3.8) is 0 Å². The summed E-state index contributed by atoms with van der Waals surface area (Å²) in [5.41, 5.74) is 0.668. The first-order chi connectivity index (χ1) is 6.94. The zero-order valence-corrected chi connectivity index (χ0v) is 9.63. The molecule has 0 fully saturated rings. The number of halogens is 1. The molecular weight excluding hydrogens is 191 g/mol. The summed E-state index contributed by atoms with van der Waals surface area (Å²) in [5.74, 6) is 0.494. The number of aliphatic hydroxyl groups is 1. The number of hydrogen-bond acceptors (Lipinski definition) is 1. The Kier molecular flexibility index (Phi) is 3.86. The molecule has 1 atom stereocenters. The van der Waals surface area contributed by atoms with Gasteiger partial charge >= 0.3 is 0 Å². The molecule has 0 spiro atoms. The van der Waals surface area contributed by atoms with Crippen molar-refractivity contribution >= 4 is 0 Å². The summed E-state index contributed by atoms with van der Waals surface area (Å²) in [4.78, 5) is 0. The number of alkyl halides is 1. The molecule has 0 saturated carbocycles. The molecule has 1 aromatic rings. The molecule has 0 aromatic heterocycles. The molecule has 0 aliphatic heterocycles. The molecule has 1 aromatic carbocycles. The molecule has 1 N–H and O–H groups in total. The van der Waals surface area contributed by atoms with Crippen molar-refractivity contribution in [2.45, 2.75) is 38.8 Å². The lowest BCUT2D eigenvalue weighted by Gasteiger charge is -2.17. The second kappa shape index (κ2) is 4.75. The fraction of sp³-hybridized carbons (Fsp3) is 0.538. The van der Waals surface area contributed by atoms with Crippen molar-refractivity contribution in [2.75, 3.05) is 6.61 Å². The normalized spacial score (nSPS) is 15.3. The predicted molar refractivity (Wildman–Crippen MR) is 60.8 cm³/mol. The number of rotatable bonds is 4. The third kappa shape index (κ3) is 3.63. The summed E-state index contributed by atoms with van der Waals surface area (Å²) >= 11 is 0. The van der Waals surface area contributed by atoms with E-state index in [4.69, 9.17) is 5.11 Å². The van der Waals surface area contributed by atoms with E-state index in [1.165, 1.54) is 12.5 Å². The van der Waals surface area contributed by atoms with Crippen LogP contribution in [-0.2, 0) is 6.42 Å². The molecule has 15 heavy (non-hydrogen) atoms. The quantitative estimate of drug-likeness (QED) is 0.809. The Bertz CT molecular complexity index is 301. The molecule has 0 bridgehead atoms. The van der Waals surface area contributed by atoms with Crippen LogP contribution < -0.4 is 0 Å². The third-order valence-electron chi connectivity index (χ3n) is 2.55. The van der Waals surface area contributed by atoms with Gasteiger partial charge in [0.2, 0.25) is 0 Å². The maximum Gasteiger partial charge on any atom is 0.135 e. The van der Waals surface area contributed by atoms with E-state index in [-0.39, 0.29) is 6.42 Å². The van der Waals surface area contributed by atoms with Gasteiger partial charge in [0.25, 0.3) is 0 Å². The molecule has 0 radical (unpaired) electrons. The van der Waals surface area contributed by atoms with Gasteiger partial charge in [-0.15, -0.1) is 0 Å². The van der Waals surface area contributed by atoms with E-state index in [1.807, 2.05) is 24.3 Å². The molecule has 2 heteroatoms. The van der Waals surface area contributed by atoms with Crippen LogP contribution in [0.5, 0.6) is 0 Å². The summed E-state index contributed by atoms with van der Waals surface area (Å²) < 4.78 is 13.5. The van der Waals surface area contributed by atoms with Crippen LogP contribution in [0.3, 0.4) is 0 Å². The summed E-state index contributed by atoms with van der Waals surface area (Å²) in [5, 5.41) is 8.82. The highest BCUT2D eigenvalue weighted by Gasteiger charge is 2.22. The van der Waals surface area contributed by atoms with Crippen molar-refractivity contribution in [3.8, 4) is 0 Å². The lowest BCUT2D eigenvalue weighted by molar-refractivity contribution is 0.0884. The van der Waals surface area contributed by atoms with Gasteiger partial charge in [-0.25, -0.2) is 4.39 Å². The van der Waals surface area contributed by atoms with Crippen LogP contribution in [0.4, 0.5) is 4.39 Å². The minimum atomic E-state index is -1.51. The molecule has 1 rings (SSSR count). The largest absolute Gasteiger partial charge is 0.393 e. The van der Waals surface area contributed by atoms with Crippen LogP contribution in [0.1, 0.15) is 37.8 Å². The van der Waals surface area contributed by atoms with Gasteiger partial charge in [-0.2, -0.15) is 0 Å². The van der Waals surface area contributed by atoms with Crippen molar-refractivity contribution < 1.29 is 9.50 Å². The highest BCUT2D eigenvalue weighted by atomic mass is 19.1. The van der Waals surface area contributed by atoms with Gasteiger partial charge in [0, 0.05) is 6.42 Å². The van der Waals surface area contributed by atoms with E-state index >= 15 is 0 Å². The zero-order valence-electron chi connectivity index (χ0n) is 9.63. The molecule has 0 amide bonds. The van der Waals surface area contributed by atoms with Crippen molar-refractivity contribution in [3.05, 3.63) is 35.4 Å². The average Bonchev–Trinajstić information content (AvgIpc) is 2.18. The minimum Gasteiger partial charge on any atom is -0.393 e. The second-order valence-electron chi connectivity index (χ2n) is 4.64. The lowest BCUT2D eigenvalue weighted by Crippen LogP contribution is -2.26. The maximum atomic E-state index is 13.5. The summed E-state index contributed by atoms with van der Waals surface area (Å²) in [6, 6.07) is 7.91. The Morgan fingerprint density at radius 2 is 1.80 bits per heavy atom. The molecule has 0 aliphatic rings. The zero-order chi connectivity index (χ0) is 11.5. The highest BCUT2D eigenvalue weighted by Crippen LogP contribution is 2.19. The Morgan fingerprint density at radius 1 is 1.27 bits per heavy atom. The van der Waals surface area contributed by atoms with Gasteiger partial charge in [-0.1, -0.05) is 38.1 Å². The topological polar surface area (TPSA) is 20.2 Å².